The molecule has 0 radical (unpaired) electrons. The molecule has 0 bridgehead atoms. The molecule has 2 aromatic rings. The second kappa shape index (κ2) is 9.61. The molecule has 1 fully saturated rings. The Labute approximate surface area is 171 Å². The van der Waals surface area contributed by atoms with Gasteiger partial charge in [-0.25, -0.2) is 22.4 Å². The fraction of sp³-hybridized carbons (Fsp3) is 0.261. The fourth-order valence-corrected chi connectivity index (χ4v) is 3.26. The van der Waals surface area contributed by atoms with Gasteiger partial charge in [0.05, 0.1) is 11.7 Å². The number of carboxylic acid groups (broad SMARTS) is 1. The molecule has 3 nitrogen and oxygen atoms in total. The highest BCUT2D eigenvalue weighted by Crippen LogP contribution is 2.34. The summed E-state index contributed by atoms with van der Waals surface area (Å²) in [6.07, 6.45) is 5.31. The second-order valence-electron chi connectivity index (χ2n) is 7.04. The molecule has 7 heteroatoms. The number of halogens is 4. The number of aromatic carboxylic acids is 1. The van der Waals surface area contributed by atoms with Crippen molar-refractivity contribution >= 4 is 17.6 Å². The van der Waals surface area contributed by atoms with Crippen LogP contribution in [0.2, 0.25) is 0 Å². The number of rotatable bonds is 6. The van der Waals surface area contributed by atoms with Crippen molar-refractivity contribution in [3.8, 4) is 5.75 Å². The molecule has 30 heavy (non-hydrogen) atoms. The minimum Gasteiger partial charge on any atom is -0.490 e. The summed E-state index contributed by atoms with van der Waals surface area (Å²) in [5.41, 5.74) is -0.811. The topological polar surface area (TPSA) is 46.5 Å². The Morgan fingerprint density at radius 3 is 1.63 bits per heavy atom. The number of ether oxygens (including phenoxy) is 1. The number of carboxylic acids is 1. The van der Waals surface area contributed by atoms with E-state index in [0.29, 0.717) is 5.75 Å². The first kappa shape index (κ1) is 21.6. The molecule has 1 saturated carbocycles. The molecule has 1 N–H and O–H groups in total. The van der Waals surface area contributed by atoms with Gasteiger partial charge in [0, 0.05) is 11.1 Å². The van der Waals surface area contributed by atoms with Crippen LogP contribution in [-0.2, 0) is 0 Å². The Bertz CT molecular complexity index is 957. The van der Waals surface area contributed by atoms with Crippen LogP contribution in [0.4, 0.5) is 17.6 Å². The Morgan fingerprint density at radius 1 is 0.733 bits per heavy atom. The van der Waals surface area contributed by atoms with Gasteiger partial charge in [-0.15, -0.1) is 0 Å². The molecule has 0 unspecified atom stereocenters. The van der Waals surface area contributed by atoms with Gasteiger partial charge in [0.2, 0.25) is 0 Å². The monoisotopic (exact) mass is 420 g/mol. The molecule has 3 rings (SSSR count). The van der Waals surface area contributed by atoms with Gasteiger partial charge in [-0.05, 0) is 62.1 Å². The molecule has 0 atom stereocenters. The van der Waals surface area contributed by atoms with E-state index in [9.17, 15) is 22.4 Å². The summed E-state index contributed by atoms with van der Waals surface area (Å²) in [5.74, 6) is -7.90. The number of allylic oxidation sites excluding steroid dienone is 2. The van der Waals surface area contributed by atoms with E-state index in [4.69, 9.17) is 9.84 Å². The van der Waals surface area contributed by atoms with Crippen molar-refractivity contribution in [2.45, 2.75) is 38.2 Å². The molecule has 0 aromatic heterocycles. The average Bonchev–Trinajstić information content (AvgIpc) is 2.78. The zero-order valence-electron chi connectivity index (χ0n) is 16.0. The van der Waals surface area contributed by atoms with Gasteiger partial charge in [0.25, 0.3) is 0 Å². The number of carbonyl (C=O) groups is 1. The molecule has 1 aliphatic carbocycles. The predicted molar refractivity (Wildman–Crippen MR) is 106 cm³/mol. The SMILES string of the molecule is O=C(O)c1ccc(/C(F)=C(F)/C(F)=C(\F)c2ccc(OC3CCCCC3)cc2)cc1. The minimum absolute atomic E-state index is 0.0868. The summed E-state index contributed by atoms with van der Waals surface area (Å²) in [6.45, 7) is 0. The van der Waals surface area contributed by atoms with Gasteiger partial charge in [0.15, 0.2) is 23.3 Å². The van der Waals surface area contributed by atoms with Crippen LogP contribution in [0.15, 0.2) is 60.2 Å². The van der Waals surface area contributed by atoms with Crippen molar-refractivity contribution in [3.05, 3.63) is 76.9 Å². The van der Waals surface area contributed by atoms with E-state index >= 15 is 0 Å². The molecular weight excluding hydrogens is 400 g/mol. The molecule has 0 heterocycles. The third-order valence-corrected chi connectivity index (χ3v) is 4.93. The average molecular weight is 420 g/mol. The third kappa shape index (κ3) is 5.09. The first-order chi connectivity index (χ1) is 14.4. The molecule has 158 valence electrons. The smallest absolute Gasteiger partial charge is 0.335 e. The molecule has 1 aliphatic rings. The maximum absolute atomic E-state index is 14.4. The molecule has 2 aromatic carbocycles. The Hall–Kier alpha value is -3.09. The quantitative estimate of drug-likeness (QED) is 0.404. The van der Waals surface area contributed by atoms with Crippen LogP contribution in [0, 0.1) is 0 Å². The van der Waals surface area contributed by atoms with Gasteiger partial charge in [0.1, 0.15) is 5.75 Å². The van der Waals surface area contributed by atoms with Crippen molar-refractivity contribution < 1.29 is 32.2 Å². The lowest BCUT2D eigenvalue weighted by Gasteiger charge is -2.23. The van der Waals surface area contributed by atoms with E-state index in [-0.39, 0.29) is 17.2 Å². The maximum atomic E-state index is 14.4. The highest BCUT2D eigenvalue weighted by atomic mass is 19.2. The zero-order valence-corrected chi connectivity index (χ0v) is 16.0. The van der Waals surface area contributed by atoms with Crippen LogP contribution in [0.1, 0.15) is 53.6 Å². The van der Waals surface area contributed by atoms with E-state index in [0.717, 1.165) is 49.9 Å². The summed E-state index contributed by atoms with van der Waals surface area (Å²) >= 11 is 0. The van der Waals surface area contributed by atoms with E-state index in [2.05, 4.69) is 0 Å². The Morgan fingerprint density at radius 2 is 1.17 bits per heavy atom. The van der Waals surface area contributed by atoms with Gasteiger partial charge < -0.3 is 9.84 Å². The predicted octanol–water partition coefficient (Wildman–Crippen LogP) is 7.01. The molecule has 0 saturated heterocycles. The van der Waals surface area contributed by atoms with E-state index in [1.165, 1.54) is 30.7 Å². The van der Waals surface area contributed by atoms with Crippen molar-refractivity contribution in [3.63, 3.8) is 0 Å². The summed E-state index contributed by atoms with van der Waals surface area (Å²) in [4.78, 5) is 10.8. The van der Waals surface area contributed by atoms with Crippen molar-refractivity contribution in [1.29, 1.82) is 0 Å². The van der Waals surface area contributed by atoms with Crippen LogP contribution >= 0.6 is 0 Å². The van der Waals surface area contributed by atoms with Crippen LogP contribution in [-0.4, -0.2) is 17.2 Å². The minimum atomic E-state index is -2.00. The van der Waals surface area contributed by atoms with E-state index in [1.54, 1.807) is 0 Å². The van der Waals surface area contributed by atoms with Gasteiger partial charge in [-0.2, -0.15) is 0 Å². The third-order valence-electron chi connectivity index (χ3n) is 4.93. The van der Waals surface area contributed by atoms with Crippen LogP contribution in [0.3, 0.4) is 0 Å². The van der Waals surface area contributed by atoms with Gasteiger partial charge >= 0.3 is 5.97 Å². The maximum Gasteiger partial charge on any atom is 0.335 e. The Balaban J connectivity index is 1.78. The highest BCUT2D eigenvalue weighted by molar-refractivity contribution is 5.88. The van der Waals surface area contributed by atoms with Crippen molar-refractivity contribution in [1.82, 2.24) is 0 Å². The number of hydrogen-bond acceptors (Lipinski definition) is 2. The fourth-order valence-electron chi connectivity index (χ4n) is 3.26. The molecule has 0 aliphatic heterocycles. The highest BCUT2D eigenvalue weighted by Gasteiger charge is 2.20. The van der Waals surface area contributed by atoms with Crippen LogP contribution in [0.25, 0.3) is 11.7 Å². The summed E-state index contributed by atoms with van der Waals surface area (Å²) in [5, 5.41) is 8.82. The molecule has 0 spiro atoms. The standard InChI is InChI=1S/C23H20F4O3/c24-19(14-6-8-16(9-7-14)23(28)29)21(26)22(27)20(25)15-10-12-18(13-11-15)30-17-4-2-1-3-5-17/h6-13,17H,1-5H2,(H,28,29)/b21-19+,22-20+. The molecule has 0 amide bonds. The van der Waals surface area contributed by atoms with Crippen LogP contribution in [0.5, 0.6) is 5.75 Å². The lowest BCUT2D eigenvalue weighted by molar-refractivity contribution is 0.0697. The van der Waals surface area contributed by atoms with Crippen molar-refractivity contribution in [2.24, 2.45) is 0 Å². The summed E-state index contributed by atoms with van der Waals surface area (Å²) in [6, 6.07) is 9.40. The number of hydrogen-bond donors (Lipinski definition) is 1. The largest absolute Gasteiger partial charge is 0.490 e. The zero-order chi connectivity index (χ0) is 21.7. The van der Waals surface area contributed by atoms with Gasteiger partial charge in [-0.3, -0.25) is 0 Å². The second-order valence-corrected chi connectivity index (χ2v) is 7.04. The molecular formula is C23H20F4O3. The lowest BCUT2D eigenvalue weighted by Crippen LogP contribution is -2.19. The summed E-state index contributed by atoms with van der Waals surface area (Å²) in [7, 11) is 0. The van der Waals surface area contributed by atoms with Crippen molar-refractivity contribution in [2.75, 3.05) is 0 Å². The number of benzene rings is 2. The first-order valence-electron chi connectivity index (χ1n) is 9.58. The first-order valence-corrected chi connectivity index (χ1v) is 9.58. The summed E-state index contributed by atoms with van der Waals surface area (Å²) < 4.78 is 62.7. The van der Waals surface area contributed by atoms with Crippen LogP contribution < -0.4 is 4.74 Å². The Kier molecular flexibility index (Phi) is 6.92. The normalized spacial score (nSPS) is 16.5. The van der Waals surface area contributed by atoms with E-state index < -0.39 is 34.8 Å². The lowest BCUT2D eigenvalue weighted by atomic mass is 9.98. The van der Waals surface area contributed by atoms with E-state index in [1.807, 2.05) is 0 Å². The van der Waals surface area contributed by atoms with Gasteiger partial charge in [-0.1, -0.05) is 18.6 Å².